The van der Waals surface area contributed by atoms with Gasteiger partial charge < -0.3 is 5.73 Å². The minimum absolute atomic E-state index is 0.0474. The standard InChI is InChI=1S/C15H13BrN4O2S/c16-13-7-6-12(14(8-13)20(21)22)9-18-19-15(17)23-10-11-4-2-1-3-5-11/h1-9H,10H2,(H2,17,19). The number of nitrogens with zero attached hydrogens (tertiary/aromatic N) is 3. The van der Waals surface area contributed by atoms with Crippen molar-refractivity contribution in [3.63, 3.8) is 0 Å². The molecule has 0 saturated carbocycles. The molecule has 0 atom stereocenters. The van der Waals surface area contributed by atoms with Crippen molar-refractivity contribution in [3.8, 4) is 0 Å². The van der Waals surface area contributed by atoms with Gasteiger partial charge in [-0.1, -0.05) is 58.0 Å². The van der Waals surface area contributed by atoms with Crippen LogP contribution in [0.1, 0.15) is 11.1 Å². The lowest BCUT2D eigenvalue weighted by Gasteiger charge is -1.99. The molecule has 2 rings (SSSR count). The molecule has 0 saturated heterocycles. The molecular weight excluding hydrogens is 380 g/mol. The van der Waals surface area contributed by atoms with E-state index in [-0.39, 0.29) is 5.69 Å². The van der Waals surface area contributed by atoms with Crippen molar-refractivity contribution in [2.75, 3.05) is 0 Å². The summed E-state index contributed by atoms with van der Waals surface area (Å²) in [6.45, 7) is 0. The largest absolute Gasteiger partial charge is 0.377 e. The summed E-state index contributed by atoms with van der Waals surface area (Å²) in [5.41, 5.74) is 7.21. The number of nitro benzene ring substituents is 1. The predicted molar refractivity (Wildman–Crippen MR) is 97.7 cm³/mol. The Morgan fingerprint density at radius 2 is 2.04 bits per heavy atom. The second-order valence-electron chi connectivity index (χ2n) is 4.42. The number of rotatable bonds is 5. The van der Waals surface area contributed by atoms with Crippen molar-refractivity contribution in [2.45, 2.75) is 5.75 Å². The van der Waals surface area contributed by atoms with Crippen LogP contribution in [0.15, 0.2) is 63.2 Å². The number of benzene rings is 2. The monoisotopic (exact) mass is 392 g/mol. The Kier molecular flexibility index (Phi) is 6.30. The van der Waals surface area contributed by atoms with Crippen molar-refractivity contribution >= 4 is 44.8 Å². The van der Waals surface area contributed by atoms with Crippen LogP contribution >= 0.6 is 27.7 Å². The minimum Gasteiger partial charge on any atom is -0.377 e. The van der Waals surface area contributed by atoms with Gasteiger partial charge in [-0.2, -0.15) is 5.10 Å². The lowest BCUT2D eigenvalue weighted by Crippen LogP contribution is -2.06. The average molecular weight is 393 g/mol. The van der Waals surface area contributed by atoms with Crippen molar-refractivity contribution in [1.82, 2.24) is 0 Å². The number of thioether (sulfide) groups is 1. The highest BCUT2D eigenvalue weighted by molar-refractivity contribution is 9.10. The molecular formula is C15H13BrN4O2S. The van der Waals surface area contributed by atoms with E-state index in [2.05, 4.69) is 26.1 Å². The Morgan fingerprint density at radius 1 is 1.30 bits per heavy atom. The van der Waals surface area contributed by atoms with Gasteiger partial charge in [0, 0.05) is 16.3 Å². The van der Waals surface area contributed by atoms with Crippen LogP contribution in [0.2, 0.25) is 0 Å². The minimum atomic E-state index is -0.469. The summed E-state index contributed by atoms with van der Waals surface area (Å²) >= 11 is 4.55. The van der Waals surface area contributed by atoms with E-state index in [1.165, 1.54) is 24.0 Å². The van der Waals surface area contributed by atoms with Crippen LogP contribution in [0.25, 0.3) is 0 Å². The molecule has 118 valence electrons. The number of nitro groups is 1. The quantitative estimate of drug-likeness (QED) is 0.360. The number of halogens is 1. The van der Waals surface area contributed by atoms with Gasteiger partial charge in [-0.3, -0.25) is 10.1 Å². The van der Waals surface area contributed by atoms with Crippen LogP contribution in [-0.4, -0.2) is 16.3 Å². The summed E-state index contributed by atoms with van der Waals surface area (Å²) in [5.74, 6) is 0.685. The molecule has 6 nitrogen and oxygen atoms in total. The van der Waals surface area contributed by atoms with Gasteiger partial charge in [0.25, 0.3) is 5.69 Å². The topological polar surface area (TPSA) is 93.9 Å². The zero-order valence-corrected chi connectivity index (χ0v) is 14.3. The maximum absolute atomic E-state index is 11.0. The normalized spacial score (nSPS) is 11.8. The molecule has 0 aliphatic heterocycles. The fourth-order valence-electron chi connectivity index (χ4n) is 1.69. The van der Waals surface area contributed by atoms with Crippen LogP contribution in [0.5, 0.6) is 0 Å². The Bertz CT molecular complexity index is 750. The van der Waals surface area contributed by atoms with E-state index < -0.39 is 4.92 Å². The summed E-state index contributed by atoms with van der Waals surface area (Å²) < 4.78 is 0.628. The van der Waals surface area contributed by atoms with Gasteiger partial charge in [0.2, 0.25) is 0 Å². The number of hydrogen-bond acceptors (Lipinski definition) is 5. The average Bonchev–Trinajstić information content (AvgIpc) is 2.55. The second kappa shape index (κ2) is 8.44. The molecule has 0 aliphatic carbocycles. The van der Waals surface area contributed by atoms with Crippen LogP contribution in [-0.2, 0) is 5.75 Å². The van der Waals surface area contributed by atoms with Gasteiger partial charge >= 0.3 is 0 Å². The van der Waals surface area contributed by atoms with Crippen molar-refractivity contribution in [2.24, 2.45) is 15.9 Å². The fourth-order valence-corrected chi connectivity index (χ4v) is 2.65. The van der Waals surface area contributed by atoms with E-state index in [0.717, 1.165) is 5.56 Å². The molecule has 0 amide bonds. The Labute approximate surface area is 145 Å². The van der Waals surface area contributed by atoms with E-state index in [0.29, 0.717) is 21.0 Å². The van der Waals surface area contributed by atoms with Crippen molar-refractivity contribution in [3.05, 3.63) is 74.2 Å². The third-order valence-corrected chi connectivity index (χ3v) is 4.12. The first kappa shape index (κ1) is 17.2. The molecule has 23 heavy (non-hydrogen) atoms. The number of nitrogens with two attached hydrogens (primary N) is 1. The summed E-state index contributed by atoms with van der Waals surface area (Å²) in [6.07, 6.45) is 1.32. The molecule has 2 aromatic carbocycles. The van der Waals surface area contributed by atoms with Crippen LogP contribution in [0, 0.1) is 10.1 Å². The van der Waals surface area contributed by atoms with Gasteiger partial charge in [-0.05, 0) is 17.7 Å². The number of amidine groups is 1. The van der Waals surface area contributed by atoms with Crippen LogP contribution in [0.3, 0.4) is 0 Å². The first-order valence-electron chi connectivity index (χ1n) is 6.53. The molecule has 0 radical (unpaired) electrons. The fraction of sp³-hybridized carbons (Fsp3) is 0.0667. The van der Waals surface area contributed by atoms with E-state index >= 15 is 0 Å². The smallest absolute Gasteiger partial charge is 0.279 e. The first-order chi connectivity index (χ1) is 11.1. The van der Waals surface area contributed by atoms with E-state index in [1.54, 1.807) is 12.1 Å². The van der Waals surface area contributed by atoms with Crippen molar-refractivity contribution in [1.29, 1.82) is 0 Å². The van der Waals surface area contributed by atoms with Crippen LogP contribution in [0.4, 0.5) is 5.69 Å². The molecule has 2 N–H and O–H groups in total. The highest BCUT2D eigenvalue weighted by atomic mass is 79.9. The molecule has 0 aromatic heterocycles. The molecule has 0 unspecified atom stereocenters. The Balaban J connectivity index is 2.01. The summed E-state index contributed by atoms with van der Waals surface area (Å²) in [4.78, 5) is 10.5. The molecule has 0 aliphatic rings. The van der Waals surface area contributed by atoms with Crippen LogP contribution < -0.4 is 5.73 Å². The van der Waals surface area contributed by atoms with Gasteiger partial charge in [0.15, 0.2) is 5.17 Å². The maximum Gasteiger partial charge on any atom is 0.279 e. The molecule has 2 aromatic rings. The molecule has 0 spiro atoms. The molecule has 0 fully saturated rings. The zero-order chi connectivity index (χ0) is 16.7. The van der Waals surface area contributed by atoms with E-state index in [4.69, 9.17) is 5.73 Å². The Morgan fingerprint density at radius 3 is 2.74 bits per heavy atom. The first-order valence-corrected chi connectivity index (χ1v) is 8.31. The van der Waals surface area contributed by atoms with E-state index in [1.807, 2.05) is 30.3 Å². The van der Waals surface area contributed by atoms with Crippen molar-refractivity contribution < 1.29 is 4.92 Å². The maximum atomic E-state index is 11.0. The van der Waals surface area contributed by atoms with E-state index in [9.17, 15) is 10.1 Å². The third-order valence-electron chi connectivity index (χ3n) is 2.77. The SMILES string of the molecule is NC(=NN=Cc1ccc(Br)cc1[N+](=O)[O-])SCc1ccccc1. The number of hydrogen-bond donors (Lipinski definition) is 1. The Hall–Kier alpha value is -2.19. The molecule has 8 heteroatoms. The second-order valence-corrected chi connectivity index (χ2v) is 6.33. The third kappa shape index (κ3) is 5.50. The van der Waals surface area contributed by atoms with Gasteiger partial charge in [-0.15, -0.1) is 5.10 Å². The summed E-state index contributed by atoms with van der Waals surface area (Å²) in [5, 5.41) is 19.0. The highest BCUT2D eigenvalue weighted by Crippen LogP contribution is 2.22. The van der Waals surface area contributed by atoms with Gasteiger partial charge in [-0.25, -0.2) is 0 Å². The van der Waals surface area contributed by atoms with Gasteiger partial charge in [0.05, 0.1) is 16.7 Å². The predicted octanol–water partition coefficient (Wildman–Crippen LogP) is 3.94. The zero-order valence-electron chi connectivity index (χ0n) is 11.9. The van der Waals surface area contributed by atoms with Gasteiger partial charge in [0.1, 0.15) is 0 Å². The summed E-state index contributed by atoms with van der Waals surface area (Å²) in [7, 11) is 0. The molecule has 0 heterocycles. The lowest BCUT2D eigenvalue weighted by molar-refractivity contribution is -0.385. The lowest BCUT2D eigenvalue weighted by atomic mass is 10.2. The summed E-state index contributed by atoms with van der Waals surface area (Å²) in [6, 6.07) is 14.5. The molecule has 0 bridgehead atoms. The highest BCUT2D eigenvalue weighted by Gasteiger charge is 2.12.